The Hall–Kier alpha value is -1.34. The van der Waals surface area contributed by atoms with Crippen LogP contribution < -0.4 is 0 Å². The first kappa shape index (κ1) is 11.2. The zero-order chi connectivity index (χ0) is 11.4. The predicted molar refractivity (Wildman–Crippen MR) is 68.3 cm³/mol. The molecular weight excluding hydrogens is 223 g/mol. The van der Waals surface area contributed by atoms with Crippen molar-refractivity contribution in [3.8, 4) is 0 Å². The van der Waals surface area contributed by atoms with Gasteiger partial charge in [-0.05, 0) is 41.0 Å². The van der Waals surface area contributed by atoms with E-state index in [4.69, 9.17) is 11.6 Å². The molecule has 0 saturated carbocycles. The Labute approximate surface area is 99.4 Å². The minimum Gasteiger partial charge on any atom is -0.207 e. The van der Waals surface area contributed by atoms with Gasteiger partial charge in [0.25, 0.3) is 0 Å². The van der Waals surface area contributed by atoms with E-state index in [1.54, 1.807) is 12.1 Å². The highest BCUT2D eigenvalue weighted by atomic mass is 35.5. The van der Waals surface area contributed by atoms with Crippen molar-refractivity contribution in [2.45, 2.75) is 6.42 Å². The summed E-state index contributed by atoms with van der Waals surface area (Å²) in [5, 5.41) is 1.98. The zero-order valence-corrected chi connectivity index (χ0v) is 9.54. The van der Waals surface area contributed by atoms with Crippen molar-refractivity contribution in [1.29, 1.82) is 0 Å². The maximum atomic E-state index is 13.0. The summed E-state index contributed by atoms with van der Waals surface area (Å²) in [4.78, 5) is 0. The van der Waals surface area contributed by atoms with Crippen LogP contribution in [-0.2, 0) is 0 Å². The molecule has 0 fully saturated rings. The molecule has 0 aromatic heterocycles. The number of benzene rings is 2. The normalized spacial score (nSPS) is 11.4. The molecule has 0 saturated heterocycles. The molecule has 0 N–H and O–H groups in total. The lowest BCUT2D eigenvalue weighted by Gasteiger charge is -1.99. The lowest BCUT2D eigenvalue weighted by atomic mass is 10.1. The summed E-state index contributed by atoms with van der Waals surface area (Å²) in [6.45, 7) is 0. The second-order valence-corrected chi connectivity index (χ2v) is 4.01. The molecule has 0 heterocycles. The molecule has 0 radical (unpaired) electrons. The first-order valence-corrected chi connectivity index (χ1v) is 5.75. The van der Waals surface area contributed by atoms with Crippen molar-refractivity contribution in [2.24, 2.45) is 0 Å². The van der Waals surface area contributed by atoms with Gasteiger partial charge in [0.05, 0.1) is 0 Å². The average Bonchev–Trinajstić information content (AvgIpc) is 2.29. The quantitative estimate of drug-likeness (QED) is 0.680. The number of hydrogen-bond donors (Lipinski definition) is 0. The molecule has 2 rings (SSSR count). The zero-order valence-electron chi connectivity index (χ0n) is 8.79. The highest BCUT2D eigenvalue weighted by Crippen LogP contribution is 2.18. The second-order valence-electron chi connectivity index (χ2n) is 3.63. The van der Waals surface area contributed by atoms with E-state index in [2.05, 4.69) is 0 Å². The summed E-state index contributed by atoms with van der Waals surface area (Å²) in [7, 11) is 0. The van der Waals surface area contributed by atoms with Gasteiger partial charge in [-0.1, -0.05) is 30.4 Å². The fourth-order valence-corrected chi connectivity index (χ4v) is 1.75. The molecule has 82 valence electrons. The van der Waals surface area contributed by atoms with Gasteiger partial charge in [0.15, 0.2) is 0 Å². The van der Waals surface area contributed by atoms with Crippen LogP contribution in [0.15, 0.2) is 42.5 Å². The van der Waals surface area contributed by atoms with Crippen LogP contribution in [0.2, 0.25) is 0 Å². The molecule has 0 aliphatic rings. The third kappa shape index (κ3) is 2.61. The molecule has 0 bridgehead atoms. The molecule has 0 spiro atoms. The van der Waals surface area contributed by atoms with Gasteiger partial charge >= 0.3 is 0 Å². The van der Waals surface area contributed by atoms with Crippen LogP contribution in [0, 0.1) is 5.82 Å². The fourth-order valence-electron chi connectivity index (χ4n) is 1.62. The van der Waals surface area contributed by atoms with Gasteiger partial charge in [-0.15, -0.1) is 11.6 Å². The Balaban J connectivity index is 2.35. The molecular formula is C14H12ClF. The van der Waals surface area contributed by atoms with E-state index in [1.165, 1.54) is 6.07 Å². The highest BCUT2D eigenvalue weighted by Gasteiger charge is 1.96. The average molecular weight is 235 g/mol. The number of halogens is 2. The van der Waals surface area contributed by atoms with Gasteiger partial charge in [-0.25, -0.2) is 4.39 Å². The molecule has 0 atom stereocenters. The van der Waals surface area contributed by atoms with Gasteiger partial charge in [0, 0.05) is 5.88 Å². The molecule has 16 heavy (non-hydrogen) atoms. The minimum atomic E-state index is -0.200. The lowest BCUT2D eigenvalue weighted by Crippen LogP contribution is -1.78. The van der Waals surface area contributed by atoms with Crippen molar-refractivity contribution >= 4 is 28.4 Å². The first-order chi connectivity index (χ1) is 7.79. The van der Waals surface area contributed by atoms with Gasteiger partial charge in [0.1, 0.15) is 5.82 Å². The summed E-state index contributed by atoms with van der Waals surface area (Å²) >= 11 is 5.58. The van der Waals surface area contributed by atoms with E-state index < -0.39 is 0 Å². The van der Waals surface area contributed by atoms with Crippen LogP contribution in [0.5, 0.6) is 0 Å². The van der Waals surface area contributed by atoms with E-state index in [0.29, 0.717) is 5.88 Å². The van der Waals surface area contributed by atoms with Crippen molar-refractivity contribution in [3.05, 3.63) is 53.9 Å². The summed E-state index contributed by atoms with van der Waals surface area (Å²) in [6, 6.07) is 10.8. The van der Waals surface area contributed by atoms with E-state index in [9.17, 15) is 4.39 Å². The number of rotatable bonds is 3. The fraction of sp³-hybridized carbons (Fsp3) is 0.143. The van der Waals surface area contributed by atoms with E-state index >= 15 is 0 Å². The van der Waals surface area contributed by atoms with E-state index in [1.807, 2.05) is 30.4 Å². The summed E-state index contributed by atoms with van der Waals surface area (Å²) < 4.78 is 13.0. The van der Waals surface area contributed by atoms with E-state index in [-0.39, 0.29) is 5.82 Å². The van der Waals surface area contributed by atoms with Crippen molar-refractivity contribution in [2.75, 3.05) is 5.88 Å². The third-order valence-corrected chi connectivity index (χ3v) is 2.63. The lowest BCUT2D eigenvalue weighted by molar-refractivity contribution is 0.630. The Kier molecular flexibility index (Phi) is 3.58. The molecule has 2 aromatic carbocycles. The largest absolute Gasteiger partial charge is 0.207 e. The summed E-state index contributed by atoms with van der Waals surface area (Å²) in [5.74, 6) is 0.424. The summed E-state index contributed by atoms with van der Waals surface area (Å²) in [5.41, 5.74) is 1.07. The third-order valence-electron chi connectivity index (χ3n) is 2.41. The Morgan fingerprint density at radius 3 is 2.69 bits per heavy atom. The van der Waals surface area contributed by atoms with Gasteiger partial charge in [-0.2, -0.15) is 0 Å². The van der Waals surface area contributed by atoms with Crippen molar-refractivity contribution in [1.82, 2.24) is 0 Å². The highest BCUT2D eigenvalue weighted by molar-refractivity contribution is 6.17. The van der Waals surface area contributed by atoms with Gasteiger partial charge in [-0.3, -0.25) is 0 Å². The smallest absolute Gasteiger partial charge is 0.123 e. The maximum absolute atomic E-state index is 13.0. The molecule has 0 unspecified atom stereocenters. The van der Waals surface area contributed by atoms with Crippen LogP contribution in [0.25, 0.3) is 16.8 Å². The molecule has 2 aromatic rings. The maximum Gasteiger partial charge on any atom is 0.123 e. The molecule has 0 aliphatic carbocycles. The molecule has 0 aliphatic heterocycles. The van der Waals surface area contributed by atoms with Crippen LogP contribution >= 0.6 is 11.6 Å². The van der Waals surface area contributed by atoms with Crippen molar-refractivity contribution in [3.63, 3.8) is 0 Å². The Bertz CT molecular complexity index is 517. The van der Waals surface area contributed by atoms with Gasteiger partial charge < -0.3 is 0 Å². The minimum absolute atomic E-state index is 0.200. The number of alkyl halides is 1. The van der Waals surface area contributed by atoms with Crippen LogP contribution in [0.3, 0.4) is 0 Å². The second kappa shape index (κ2) is 5.13. The summed E-state index contributed by atoms with van der Waals surface area (Å²) in [6.07, 6.45) is 4.88. The molecule has 2 heteroatoms. The van der Waals surface area contributed by atoms with Crippen LogP contribution in [-0.4, -0.2) is 5.88 Å². The topological polar surface area (TPSA) is 0 Å². The molecule has 0 nitrogen and oxygen atoms in total. The van der Waals surface area contributed by atoms with Crippen molar-refractivity contribution < 1.29 is 4.39 Å². The standard InChI is InChI=1S/C14H12ClF/c15-8-2-1-3-11-4-5-12-6-7-14(16)10-13(12)9-11/h1,3-7,9-10H,2,8H2/b3-1+. The van der Waals surface area contributed by atoms with E-state index in [0.717, 1.165) is 22.8 Å². The van der Waals surface area contributed by atoms with Crippen LogP contribution in [0.4, 0.5) is 4.39 Å². The number of fused-ring (bicyclic) bond motifs is 1. The Morgan fingerprint density at radius 2 is 1.88 bits per heavy atom. The predicted octanol–water partition coefficient (Wildman–Crippen LogP) is 4.62. The Morgan fingerprint density at radius 1 is 1.06 bits per heavy atom. The number of hydrogen-bond acceptors (Lipinski definition) is 0. The monoisotopic (exact) mass is 234 g/mol. The first-order valence-electron chi connectivity index (χ1n) is 5.21. The SMILES string of the molecule is Fc1ccc2ccc(/C=C/CCCl)cc2c1. The van der Waals surface area contributed by atoms with Gasteiger partial charge in [0.2, 0.25) is 0 Å². The number of allylic oxidation sites excluding steroid dienone is 1. The molecule has 0 amide bonds. The van der Waals surface area contributed by atoms with Crippen LogP contribution in [0.1, 0.15) is 12.0 Å².